The summed E-state index contributed by atoms with van der Waals surface area (Å²) in [6.45, 7) is 2.33. The molecule has 2 unspecified atom stereocenters. The Balaban J connectivity index is 4.33. The van der Waals surface area contributed by atoms with Gasteiger partial charge < -0.3 is 19.9 Å². The Labute approximate surface area is 95.1 Å². The van der Waals surface area contributed by atoms with Gasteiger partial charge in [-0.05, 0) is 13.0 Å². The molecule has 0 radical (unpaired) electrons. The standard InChI is InChI=1S/C8H19NO6S/c1-2-3-9(4-5-10)6-7(11)8(12)16(13,14)15/h7-8,10-12H,2-6H2,1H3,(H,13,14,15)/p-1. The topological polar surface area (TPSA) is 121 Å². The van der Waals surface area contributed by atoms with Gasteiger partial charge in [0, 0.05) is 13.1 Å². The zero-order valence-electron chi connectivity index (χ0n) is 9.11. The smallest absolute Gasteiger partial charge is 0.170 e. The maximum Gasteiger partial charge on any atom is 0.170 e. The largest absolute Gasteiger partial charge is 0.746 e. The molecule has 3 N–H and O–H groups in total. The lowest BCUT2D eigenvalue weighted by Crippen LogP contribution is -2.43. The van der Waals surface area contributed by atoms with Crippen molar-refractivity contribution in [2.75, 3.05) is 26.2 Å². The van der Waals surface area contributed by atoms with E-state index in [4.69, 9.17) is 10.2 Å². The summed E-state index contributed by atoms with van der Waals surface area (Å²) >= 11 is 0. The van der Waals surface area contributed by atoms with Gasteiger partial charge in [0.25, 0.3) is 0 Å². The van der Waals surface area contributed by atoms with Crippen LogP contribution in [-0.2, 0) is 10.1 Å². The van der Waals surface area contributed by atoms with Crippen LogP contribution in [-0.4, -0.2) is 71.0 Å². The first-order chi connectivity index (χ1) is 7.32. The number of nitrogens with zero attached hydrogens (tertiary/aromatic N) is 1. The number of aliphatic hydroxyl groups is 3. The third-order valence-electron chi connectivity index (χ3n) is 2.03. The van der Waals surface area contributed by atoms with E-state index in [9.17, 15) is 18.1 Å². The third kappa shape index (κ3) is 5.73. The number of aliphatic hydroxyl groups excluding tert-OH is 3. The molecule has 2 atom stereocenters. The van der Waals surface area contributed by atoms with Crippen molar-refractivity contribution in [3.63, 3.8) is 0 Å². The Morgan fingerprint density at radius 3 is 2.25 bits per heavy atom. The van der Waals surface area contributed by atoms with Crippen molar-refractivity contribution in [2.24, 2.45) is 0 Å². The molecule has 7 nitrogen and oxygen atoms in total. The molecule has 0 rings (SSSR count). The molecule has 0 aromatic carbocycles. The van der Waals surface area contributed by atoms with Crippen LogP contribution in [0.15, 0.2) is 0 Å². The summed E-state index contributed by atoms with van der Waals surface area (Å²) in [5, 5.41) is 27.0. The number of hydrogen-bond donors (Lipinski definition) is 3. The molecular weight excluding hydrogens is 238 g/mol. The minimum atomic E-state index is -4.91. The quantitative estimate of drug-likeness (QED) is 0.426. The highest BCUT2D eigenvalue weighted by Crippen LogP contribution is 2.04. The summed E-state index contributed by atoms with van der Waals surface area (Å²) in [5.74, 6) is 0. The van der Waals surface area contributed by atoms with Crippen LogP contribution in [0.2, 0.25) is 0 Å². The first-order valence-electron chi connectivity index (χ1n) is 4.97. The maximum absolute atomic E-state index is 10.4. The van der Waals surface area contributed by atoms with Crippen LogP contribution in [0.1, 0.15) is 13.3 Å². The highest BCUT2D eigenvalue weighted by molar-refractivity contribution is 7.86. The van der Waals surface area contributed by atoms with Crippen LogP contribution in [0.3, 0.4) is 0 Å². The van der Waals surface area contributed by atoms with Crippen molar-refractivity contribution in [2.45, 2.75) is 24.9 Å². The molecule has 0 saturated carbocycles. The third-order valence-corrected chi connectivity index (χ3v) is 2.93. The van der Waals surface area contributed by atoms with Gasteiger partial charge in [0.05, 0.1) is 6.61 Å². The zero-order valence-corrected chi connectivity index (χ0v) is 9.93. The molecule has 8 heteroatoms. The Morgan fingerprint density at radius 2 is 1.88 bits per heavy atom. The predicted octanol–water partition coefficient (Wildman–Crippen LogP) is -2.08. The Hall–Kier alpha value is -0.250. The molecule has 0 bridgehead atoms. The molecule has 0 aliphatic heterocycles. The lowest BCUT2D eigenvalue weighted by molar-refractivity contribution is 0.0294. The van der Waals surface area contributed by atoms with Gasteiger partial charge in [-0.1, -0.05) is 6.92 Å². The first-order valence-corrected chi connectivity index (χ1v) is 6.44. The number of rotatable bonds is 8. The normalized spacial score (nSPS) is 16.4. The van der Waals surface area contributed by atoms with Gasteiger partial charge in [-0.25, -0.2) is 8.42 Å². The summed E-state index contributed by atoms with van der Waals surface area (Å²) in [7, 11) is -4.91. The van der Waals surface area contributed by atoms with Crippen molar-refractivity contribution in [1.29, 1.82) is 0 Å². The van der Waals surface area contributed by atoms with Crippen molar-refractivity contribution < 1.29 is 28.3 Å². The zero-order chi connectivity index (χ0) is 12.8. The van der Waals surface area contributed by atoms with Crippen molar-refractivity contribution in [1.82, 2.24) is 4.90 Å². The van der Waals surface area contributed by atoms with Crippen LogP contribution in [0.5, 0.6) is 0 Å². The molecule has 0 saturated heterocycles. The summed E-state index contributed by atoms with van der Waals surface area (Å²) in [5.41, 5.74) is -2.33. The lowest BCUT2D eigenvalue weighted by atomic mass is 10.3. The van der Waals surface area contributed by atoms with Crippen LogP contribution < -0.4 is 0 Å². The summed E-state index contributed by atoms with van der Waals surface area (Å²) in [4.78, 5) is 1.57. The van der Waals surface area contributed by atoms with Crippen LogP contribution in [0, 0.1) is 0 Å². The summed E-state index contributed by atoms with van der Waals surface area (Å²) < 4.78 is 31.3. The molecule has 98 valence electrons. The highest BCUT2D eigenvalue weighted by atomic mass is 32.2. The minimum Gasteiger partial charge on any atom is -0.746 e. The lowest BCUT2D eigenvalue weighted by Gasteiger charge is -2.27. The maximum atomic E-state index is 10.4. The van der Waals surface area contributed by atoms with E-state index in [1.807, 2.05) is 6.92 Å². The van der Waals surface area contributed by atoms with E-state index in [2.05, 4.69) is 0 Å². The Bertz CT molecular complexity index is 274. The molecular formula is C8H18NO6S-. The van der Waals surface area contributed by atoms with Gasteiger partial charge >= 0.3 is 0 Å². The van der Waals surface area contributed by atoms with E-state index < -0.39 is 21.7 Å². The van der Waals surface area contributed by atoms with Crippen molar-refractivity contribution in [3.8, 4) is 0 Å². The van der Waals surface area contributed by atoms with Gasteiger partial charge in [-0.15, -0.1) is 0 Å². The molecule has 0 aromatic rings. The molecule has 0 aliphatic carbocycles. The van der Waals surface area contributed by atoms with Crippen LogP contribution in [0.4, 0.5) is 0 Å². The second kappa shape index (κ2) is 7.15. The first kappa shape index (κ1) is 15.8. The van der Waals surface area contributed by atoms with E-state index in [1.165, 1.54) is 0 Å². The van der Waals surface area contributed by atoms with E-state index >= 15 is 0 Å². The fourth-order valence-corrected chi connectivity index (χ4v) is 1.77. The van der Waals surface area contributed by atoms with Crippen LogP contribution >= 0.6 is 0 Å². The second-order valence-electron chi connectivity index (χ2n) is 3.47. The average molecular weight is 256 g/mol. The molecule has 0 aliphatic rings. The highest BCUT2D eigenvalue weighted by Gasteiger charge is 2.24. The van der Waals surface area contributed by atoms with E-state index in [1.54, 1.807) is 4.90 Å². The van der Waals surface area contributed by atoms with Gasteiger partial charge in [0.15, 0.2) is 5.44 Å². The van der Waals surface area contributed by atoms with E-state index in [-0.39, 0.29) is 19.7 Å². The molecule has 0 amide bonds. The van der Waals surface area contributed by atoms with E-state index in [0.717, 1.165) is 6.42 Å². The Kier molecular flexibility index (Phi) is 7.04. The average Bonchev–Trinajstić information content (AvgIpc) is 2.15. The molecule has 0 heterocycles. The second-order valence-corrected chi connectivity index (χ2v) is 4.94. The van der Waals surface area contributed by atoms with Gasteiger partial charge in [-0.3, -0.25) is 4.90 Å². The monoisotopic (exact) mass is 256 g/mol. The molecule has 0 aromatic heterocycles. The molecule has 0 spiro atoms. The van der Waals surface area contributed by atoms with Crippen LogP contribution in [0.25, 0.3) is 0 Å². The van der Waals surface area contributed by atoms with Gasteiger partial charge in [0.1, 0.15) is 16.2 Å². The summed E-state index contributed by atoms with van der Waals surface area (Å²) in [6.07, 6.45) is -0.923. The molecule has 0 fully saturated rings. The van der Waals surface area contributed by atoms with E-state index in [0.29, 0.717) is 6.54 Å². The molecule has 16 heavy (non-hydrogen) atoms. The fourth-order valence-electron chi connectivity index (χ4n) is 1.30. The van der Waals surface area contributed by atoms with Gasteiger partial charge in [-0.2, -0.15) is 0 Å². The Morgan fingerprint density at radius 1 is 1.31 bits per heavy atom. The fraction of sp³-hybridized carbons (Fsp3) is 1.00. The van der Waals surface area contributed by atoms with Crippen molar-refractivity contribution >= 4 is 10.1 Å². The number of hydrogen-bond acceptors (Lipinski definition) is 7. The summed E-state index contributed by atoms with van der Waals surface area (Å²) in [6, 6.07) is 0. The minimum absolute atomic E-state index is 0.146. The van der Waals surface area contributed by atoms with Crippen molar-refractivity contribution in [3.05, 3.63) is 0 Å². The SMILES string of the molecule is CCCN(CCO)CC(O)C(O)S(=O)(=O)[O-]. The van der Waals surface area contributed by atoms with Gasteiger partial charge in [0.2, 0.25) is 0 Å². The predicted molar refractivity (Wildman–Crippen MR) is 55.5 cm³/mol.